The largest absolute Gasteiger partial charge is 0.465 e. The molecule has 1 heterocycles. The van der Waals surface area contributed by atoms with Crippen LogP contribution in [0.5, 0.6) is 0 Å². The van der Waals surface area contributed by atoms with Crippen LogP contribution in [0.3, 0.4) is 0 Å². The Hall–Kier alpha value is -0.530. The maximum absolute atomic E-state index is 11.1. The molecule has 0 N–H and O–H groups in total. The van der Waals surface area contributed by atoms with E-state index in [1.165, 1.54) is 19.3 Å². The Bertz CT molecular complexity index is 214. The zero-order valence-electron chi connectivity index (χ0n) is 7.87. The number of carbonyl (C=O) groups is 1. The summed E-state index contributed by atoms with van der Waals surface area (Å²) in [5.41, 5.74) is 0. The second-order valence-electron chi connectivity index (χ2n) is 4.88. The number of hydrogen-bond donors (Lipinski definition) is 0. The molecule has 13 heavy (non-hydrogen) atoms. The molecule has 3 aliphatic rings. The van der Waals surface area contributed by atoms with Crippen molar-refractivity contribution in [3.63, 3.8) is 0 Å². The molecular weight excluding hydrogens is 164 g/mol. The summed E-state index contributed by atoms with van der Waals surface area (Å²) in [5, 5.41) is 0. The fourth-order valence-electron chi connectivity index (χ4n) is 3.78. The predicted molar refractivity (Wildman–Crippen MR) is 48.0 cm³/mol. The van der Waals surface area contributed by atoms with E-state index < -0.39 is 0 Å². The first-order chi connectivity index (χ1) is 6.34. The highest BCUT2D eigenvalue weighted by Crippen LogP contribution is 2.54. The standard InChI is InChI=1S/C11H16O2/c12-11-4-3-9-7-1-2-8(5-7)10(9)6-13-11/h7-10H,1-6H2. The summed E-state index contributed by atoms with van der Waals surface area (Å²) < 4.78 is 5.23. The van der Waals surface area contributed by atoms with Crippen LogP contribution in [0.25, 0.3) is 0 Å². The van der Waals surface area contributed by atoms with Crippen LogP contribution in [-0.4, -0.2) is 12.6 Å². The lowest BCUT2D eigenvalue weighted by molar-refractivity contribution is -0.143. The molecule has 1 aliphatic heterocycles. The molecule has 0 spiro atoms. The minimum atomic E-state index is 0.0359. The van der Waals surface area contributed by atoms with Gasteiger partial charge in [-0.15, -0.1) is 0 Å². The molecular formula is C11H16O2. The molecule has 3 rings (SSSR count). The second kappa shape index (κ2) is 2.73. The van der Waals surface area contributed by atoms with E-state index in [1.54, 1.807) is 0 Å². The smallest absolute Gasteiger partial charge is 0.305 e. The SMILES string of the molecule is O=C1CCC2C3CCC(C3)C2CO1. The average molecular weight is 180 g/mol. The first-order valence-corrected chi connectivity index (χ1v) is 5.50. The summed E-state index contributed by atoms with van der Waals surface area (Å²) in [7, 11) is 0. The Morgan fingerprint density at radius 1 is 1.08 bits per heavy atom. The van der Waals surface area contributed by atoms with E-state index >= 15 is 0 Å². The number of fused-ring (bicyclic) bond motifs is 5. The molecule has 0 aromatic heterocycles. The minimum Gasteiger partial charge on any atom is -0.465 e. The van der Waals surface area contributed by atoms with Gasteiger partial charge in [-0.2, -0.15) is 0 Å². The fraction of sp³-hybridized carbons (Fsp3) is 0.909. The van der Waals surface area contributed by atoms with Gasteiger partial charge in [0.05, 0.1) is 6.61 Å². The van der Waals surface area contributed by atoms with Gasteiger partial charge in [-0.1, -0.05) is 0 Å². The zero-order chi connectivity index (χ0) is 8.84. The Morgan fingerprint density at radius 3 is 2.69 bits per heavy atom. The van der Waals surface area contributed by atoms with Gasteiger partial charge in [-0.25, -0.2) is 0 Å². The first kappa shape index (κ1) is 7.84. The number of hydrogen-bond acceptors (Lipinski definition) is 2. The number of carbonyl (C=O) groups excluding carboxylic acids is 1. The highest BCUT2D eigenvalue weighted by molar-refractivity contribution is 5.69. The third kappa shape index (κ3) is 1.11. The van der Waals surface area contributed by atoms with Gasteiger partial charge in [-0.05, 0) is 49.4 Å². The maximum Gasteiger partial charge on any atom is 0.305 e. The van der Waals surface area contributed by atoms with Crippen molar-refractivity contribution >= 4 is 5.97 Å². The molecule has 2 aliphatic carbocycles. The zero-order valence-corrected chi connectivity index (χ0v) is 7.87. The maximum atomic E-state index is 11.1. The minimum absolute atomic E-state index is 0.0359. The second-order valence-corrected chi connectivity index (χ2v) is 4.88. The van der Waals surface area contributed by atoms with E-state index in [0.717, 1.165) is 36.7 Å². The fourth-order valence-corrected chi connectivity index (χ4v) is 3.78. The van der Waals surface area contributed by atoms with Crippen LogP contribution in [0, 0.1) is 23.7 Å². The molecule has 0 radical (unpaired) electrons. The molecule has 2 heteroatoms. The lowest BCUT2D eigenvalue weighted by atomic mass is 9.78. The summed E-state index contributed by atoms with van der Waals surface area (Å²) in [6.07, 6.45) is 6.01. The molecule has 2 bridgehead atoms. The number of rotatable bonds is 0. The van der Waals surface area contributed by atoms with Crippen molar-refractivity contribution in [3.05, 3.63) is 0 Å². The normalized spacial score (nSPS) is 48.5. The number of cyclic esters (lactones) is 1. The monoisotopic (exact) mass is 180 g/mol. The molecule has 2 saturated carbocycles. The summed E-state index contributed by atoms with van der Waals surface area (Å²) >= 11 is 0. The molecule has 1 saturated heterocycles. The highest BCUT2D eigenvalue weighted by atomic mass is 16.5. The third-order valence-electron chi connectivity index (χ3n) is 4.39. The van der Waals surface area contributed by atoms with E-state index in [1.807, 2.05) is 0 Å². The molecule has 72 valence electrons. The van der Waals surface area contributed by atoms with Crippen LogP contribution in [0.2, 0.25) is 0 Å². The molecule has 4 unspecified atom stereocenters. The van der Waals surface area contributed by atoms with Gasteiger partial charge in [-0.3, -0.25) is 4.79 Å². The summed E-state index contributed by atoms with van der Waals surface area (Å²) in [6.45, 7) is 0.727. The van der Waals surface area contributed by atoms with Crippen molar-refractivity contribution in [2.75, 3.05) is 6.61 Å². The average Bonchev–Trinajstić information content (AvgIpc) is 2.66. The quantitative estimate of drug-likeness (QED) is 0.533. The van der Waals surface area contributed by atoms with Crippen molar-refractivity contribution in [1.82, 2.24) is 0 Å². The van der Waals surface area contributed by atoms with Gasteiger partial charge in [0, 0.05) is 6.42 Å². The Balaban J connectivity index is 1.81. The van der Waals surface area contributed by atoms with Gasteiger partial charge in [0.25, 0.3) is 0 Å². The van der Waals surface area contributed by atoms with E-state index in [2.05, 4.69) is 0 Å². The Kier molecular flexibility index (Phi) is 1.64. The van der Waals surface area contributed by atoms with Crippen LogP contribution in [-0.2, 0) is 9.53 Å². The Labute approximate surface area is 78.6 Å². The molecule has 2 nitrogen and oxygen atoms in total. The van der Waals surface area contributed by atoms with Crippen LogP contribution in [0.1, 0.15) is 32.1 Å². The van der Waals surface area contributed by atoms with Crippen molar-refractivity contribution in [2.45, 2.75) is 32.1 Å². The molecule has 4 atom stereocenters. The lowest BCUT2D eigenvalue weighted by Crippen LogP contribution is -2.24. The van der Waals surface area contributed by atoms with Crippen molar-refractivity contribution < 1.29 is 9.53 Å². The molecule has 0 aromatic rings. The summed E-state index contributed by atoms with van der Waals surface area (Å²) in [6, 6.07) is 0. The van der Waals surface area contributed by atoms with Crippen LogP contribution in [0.15, 0.2) is 0 Å². The van der Waals surface area contributed by atoms with Gasteiger partial charge >= 0.3 is 5.97 Å². The highest BCUT2D eigenvalue weighted by Gasteiger charge is 2.48. The van der Waals surface area contributed by atoms with E-state index in [4.69, 9.17) is 4.74 Å². The van der Waals surface area contributed by atoms with Gasteiger partial charge in [0.2, 0.25) is 0 Å². The van der Waals surface area contributed by atoms with Crippen LogP contribution < -0.4 is 0 Å². The van der Waals surface area contributed by atoms with Crippen molar-refractivity contribution in [1.29, 1.82) is 0 Å². The predicted octanol–water partition coefficient (Wildman–Crippen LogP) is 1.99. The van der Waals surface area contributed by atoms with Gasteiger partial charge in [0.1, 0.15) is 0 Å². The summed E-state index contributed by atoms with van der Waals surface area (Å²) in [5.74, 6) is 3.41. The van der Waals surface area contributed by atoms with E-state index in [0.29, 0.717) is 6.42 Å². The molecule has 0 aromatic carbocycles. The third-order valence-corrected chi connectivity index (χ3v) is 4.39. The van der Waals surface area contributed by atoms with E-state index in [9.17, 15) is 4.79 Å². The van der Waals surface area contributed by atoms with E-state index in [-0.39, 0.29) is 5.97 Å². The van der Waals surface area contributed by atoms with Gasteiger partial charge < -0.3 is 4.74 Å². The topological polar surface area (TPSA) is 26.3 Å². The van der Waals surface area contributed by atoms with Crippen LogP contribution >= 0.6 is 0 Å². The number of ether oxygens (including phenoxy) is 1. The summed E-state index contributed by atoms with van der Waals surface area (Å²) in [4.78, 5) is 11.1. The lowest BCUT2D eigenvalue weighted by Gasteiger charge is -2.27. The number of esters is 1. The van der Waals surface area contributed by atoms with Gasteiger partial charge in [0.15, 0.2) is 0 Å². The van der Waals surface area contributed by atoms with Crippen molar-refractivity contribution in [3.8, 4) is 0 Å². The molecule has 3 fully saturated rings. The molecule has 0 amide bonds. The first-order valence-electron chi connectivity index (χ1n) is 5.50. The Morgan fingerprint density at radius 2 is 1.85 bits per heavy atom. The van der Waals surface area contributed by atoms with Crippen LogP contribution in [0.4, 0.5) is 0 Å². The van der Waals surface area contributed by atoms with Crippen molar-refractivity contribution in [2.24, 2.45) is 23.7 Å².